The Bertz CT molecular complexity index is 501. The molecule has 1 heterocycles. The van der Waals surface area contributed by atoms with Crippen molar-refractivity contribution in [2.24, 2.45) is 0 Å². The van der Waals surface area contributed by atoms with Gasteiger partial charge in [0.2, 0.25) is 5.95 Å². The number of para-hydroxylation sites is 1. The number of anilines is 1. The van der Waals surface area contributed by atoms with Crippen molar-refractivity contribution in [3.8, 4) is 12.3 Å². The van der Waals surface area contributed by atoms with Crippen LogP contribution in [0.4, 0.5) is 5.95 Å². The summed E-state index contributed by atoms with van der Waals surface area (Å²) in [5.74, 6) is 3.05. The first-order valence-electron chi connectivity index (χ1n) is 4.67. The topological polar surface area (TPSA) is 50.7 Å². The molecule has 0 bridgehead atoms. The molecule has 0 aliphatic rings. The van der Waals surface area contributed by atoms with E-state index in [0.29, 0.717) is 18.9 Å². The summed E-state index contributed by atoms with van der Waals surface area (Å²) in [7, 11) is 0. The number of hydrogen-bond acceptors (Lipinski definition) is 4. The average molecular weight is 198 g/mol. The standard InChI is InChI=1S/C11H10N4/c1-2-3-8-12-11-13-9-6-4-5-7-10(9)14-15-11/h1,4-7H,3,8H2,(H,12,13,15). The van der Waals surface area contributed by atoms with Crippen LogP contribution in [0.2, 0.25) is 0 Å². The summed E-state index contributed by atoms with van der Waals surface area (Å²) in [6.07, 6.45) is 5.79. The third kappa shape index (κ3) is 2.20. The maximum Gasteiger partial charge on any atom is 0.243 e. The lowest BCUT2D eigenvalue weighted by Crippen LogP contribution is -2.05. The molecule has 1 aromatic carbocycles. The Hall–Kier alpha value is -2.15. The van der Waals surface area contributed by atoms with Gasteiger partial charge in [-0.15, -0.1) is 22.5 Å². The maximum atomic E-state index is 5.14. The number of benzene rings is 1. The zero-order valence-electron chi connectivity index (χ0n) is 8.14. The normalized spacial score (nSPS) is 9.80. The summed E-state index contributed by atoms with van der Waals surface area (Å²) < 4.78 is 0. The van der Waals surface area contributed by atoms with Crippen LogP contribution < -0.4 is 5.32 Å². The van der Waals surface area contributed by atoms with Gasteiger partial charge in [0.25, 0.3) is 0 Å². The van der Waals surface area contributed by atoms with E-state index in [2.05, 4.69) is 26.4 Å². The van der Waals surface area contributed by atoms with Crippen molar-refractivity contribution < 1.29 is 0 Å². The Kier molecular flexibility index (Phi) is 2.75. The molecule has 0 spiro atoms. The second-order valence-electron chi connectivity index (χ2n) is 3.01. The predicted molar refractivity (Wildman–Crippen MR) is 59.3 cm³/mol. The largest absolute Gasteiger partial charge is 0.352 e. The smallest absolute Gasteiger partial charge is 0.243 e. The van der Waals surface area contributed by atoms with Gasteiger partial charge in [0.05, 0.1) is 5.52 Å². The molecule has 2 rings (SSSR count). The Morgan fingerprint density at radius 2 is 2.00 bits per heavy atom. The number of rotatable bonds is 3. The van der Waals surface area contributed by atoms with Crippen LogP contribution in [0.15, 0.2) is 24.3 Å². The highest BCUT2D eigenvalue weighted by atomic mass is 15.2. The van der Waals surface area contributed by atoms with E-state index < -0.39 is 0 Å². The van der Waals surface area contributed by atoms with Crippen LogP contribution in [0, 0.1) is 12.3 Å². The Labute approximate surface area is 87.7 Å². The molecule has 1 N–H and O–H groups in total. The van der Waals surface area contributed by atoms with Crippen molar-refractivity contribution >= 4 is 17.0 Å². The number of terminal acetylenes is 1. The van der Waals surface area contributed by atoms with Crippen LogP contribution in [0.3, 0.4) is 0 Å². The lowest BCUT2D eigenvalue weighted by Gasteiger charge is -2.01. The van der Waals surface area contributed by atoms with E-state index in [4.69, 9.17) is 6.42 Å². The average Bonchev–Trinajstić information content (AvgIpc) is 2.29. The molecular weight excluding hydrogens is 188 g/mol. The third-order valence-corrected chi connectivity index (χ3v) is 1.91. The van der Waals surface area contributed by atoms with Crippen molar-refractivity contribution in [2.75, 3.05) is 11.9 Å². The molecule has 0 aliphatic carbocycles. The molecule has 4 heteroatoms. The Morgan fingerprint density at radius 3 is 2.80 bits per heavy atom. The number of fused-ring (bicyclic) bond motifs is 1. The summed E-state index contributed by atoms with van der Waals surface area (Å²) in [6.45, 7) is 0.663. The van der Waals surface area contributed by atoms with Crippen LogP contribution in [0.25, 0.3) is 11.0 Å². The van der Waals surface area contributed by atoms with E-state index in [1.807, 2.05) is 24.3 Å². The Morgan fingerprint density at radius 1 is 1.20 bits per heavy atom. The van der Waals surface area contributed by atoms with Gasteiger partial charge in [0.1, 0.15) is 5.52 Å². The fraction of sp³-hybridized carbons (Fsp3) is 0.182. The van der Waals surface area contributed by atoms with Gasteiger partial charge < -0.3 is 5.32 Å². The van der Waals surface area contributed by atoms with E-state index in [1.165, 1.54) is 0 Å². The van der Waals surface area contributed by atoms with Crippen LogP contribution in [0.1, 0.15) is 6.42 Å². The van der Waals surface area contributed by atoms with E-state index in [9.17, 15) is 0 Å². The van der Waals surface area contributed by atoms with Gasteiger partial charge in [-0.25, -0.2) is 4.98 Å². The molecule has 0 amide bonds. The number of nitrogens with one attached hydrogen (secondary N) is 1. The molecular formula is C11H10N4. The van der Waals surface area contributed by atoms with E-state index in [1.54, 1.807) is 0 Å². The summed E-state index contributed by atoms with van der Waals surface area (Å²) in [4.78, 5) is 4.29. The second kappa shape index (κ2) is 4.38. The summed E-state index contributed by atoms with van der Waals surface area (Å²) in [6, 6.07) is 7.60. The first-order chi connectivity index (χ1) is 7.40. The molecule has 0 unspecified atom stereocenters. The van der Waals surface area contributed by atoms with Crippen LogP contribution in [-0.4, -0.2) is 21.7 Å². The first kappa shape index (κ1) is 9.41. The lowest BCUT2D eigenvalue weighted by molar-refractivity contribution is 0.977. The summed E-state index contributed by atoms with van der Waals surface area (Å²) in [5.41, 5.74) is 1.62. The minimum Gasteiger partial charge on any atom is -0.352 e. The fourth-order valence-corrected chi connectivity index (χ4v) is 1.20. The van der Waals surface area contributed by atoms with Crippen molar-refractivity contribution in [1.82, 2.24) is 15.2 Å². The highest BCUT2D eigenvalue weighted by Gasteiger charge is 1.98. The molecule has 15 heavy (non-hydrogen) atoms. The first-order valence-corrected chi connectivity index (χ1v) is 4.67. The van der Waals surface area contributed by atoms with Gasteiger partial charge in [0, 0.05) is 13.0 Å². The summed E-state index contributed by atoms with van der Waals surface area (Å²) >= 11 is 0. The zero-order valence-corrected chi connectivity index (χ0v) is 8.14. The molecule has 1 aromatic heterocycles. The van der Waals surface area contributed by atoms with Crippen molar-refractivity contribution in [3.63, 3.8) is 0 Å². The van der Waals surface area contributed by atoms with Gasteiger partial charge in [-0.3, -0.25) is 0 Å². The third-order valence-electron chi connectivity index (χ3n) is 1.91. The van der Waals surface area contributed by atoms with Gasteiger partial charge in [-0.1, -0.05) is 12.1 Å². The van der Waals surface area contributed by atoms with Crippen molar-refractivity contribution in [3.05, 3.63) is 24.3 Å². The highest BCUT2D eigenvalue weighted by molar-refractivity contribution is 5.73. The van der Waals surface area contributed by atoms with Crippen LogP contribution in [-0.2, 0) is 0 Å². The van der Waals surface area contributed by atoms with Crippen molar-refractivity contribution in [1.29, 1.82) is 0 Å². The molecule has 0 saturated heterocycles. The van der Waals surface area contributed by atoms with Gasteiger partial charge in [0.15, 0.2) is 0 Å². The van der Waals surface area contributed by atoms with Gasteiger partial charge in [-0.05, 0) is 12.1 Å². The van der Waals surface area contributed by atoms with E-state index in [0.717, 1.165) is 11.0 Å². The maximum absolute atomic E-state index is 5.14. The molecule has 0 radical (unpaired) electrons. The molecule has 0 fully saturated rings. The quantitative estimate of drug-likeness (QED) is 0.599. The highest BCUT2D eigenvalue weighted by Crippen LogP contribution is 2.08. The lowest BCUT2D eigenvalue weighted by atomic mass is 10.3. The molecule has 0 atom stereocenters. The van der Waals surface area contributed by atoms with E-state index >= 15 is 0 Å². The van der Waals surface area contributed by atoms with Gasteiger partial charge in [-0.2, -0.15) is 0 Å². The van der Waals surface area contributed by atoms with Gasteiger partial charge >= 0.3 is 0 Å². The van der Waals surface area contributed by atoms with Crippen LogP contribution in [0.5, 0.6) is 0 Å². The molecule has 0 aliphatic heterocycles. The molecule has 74 valence electrons. The molecule has 2 aromatic rings. The van der Waals surface area contributed by atoms with Crippen molar-refractivity contribution in [2.45, 2.75) is 6.42 Å². The minimum absolute atomic E-state index is 0.518. The summed E-state index contributed by atoms with van der Waals surface area (Å²) in [5, 5.41) is 11.0. The Balaban J connectivity index is 2.20. The minimum atomic E-state index is 0.518. The predicted octanol–water partition coefficient (Wildman–Crippen LogP) is 1.46. The molecule has 4 nitrogen and oxygen atoms in total. The second-order valence-corrected chi connectivity index (χ2v) is 3.01. The monoisotopic (exact) mass is 198 g/mol. The SMILES string of the molecule is C#CCCNc1nnc2ccccc2n1. The van der Waals surface area contributed by atoms with E-state index in [-0.39, 0.29) is 0 Å². The number of hydrogen-bond donors (Lipinski definition) is 1. The zero-order chi connectivity index (χ0) is 10.5. The number of aromatic nitrogens is 3. The van der Waals surface area contributed by atoms with Crippen LogP contribution >= 0.6 is 0 Å². The molecule has 0 saturated carbocycles. The fourth-order valence-electron chi connectivity index (χ4n) is 1.20. The number of nitrogens with zero attached hydrogens (tertiary/aromatic N) is 3.